The fraction of sp³-hybridized carbons (Fsp3) is 0.375. The summed E-state index contributed by atoms with van der Waals surface area (Å²) in [4.78, 5) is 0. The van der Waals surface area contributed by atoms with Gasteiger partial charge < -0.3 is 14.5 Å². The van der Waals surface area contributed by atoms with Crippen LogP contribution in [0.1, 0.15) is 19.1 Å². The van der Waals surface area contributed by atoms with Gasteiger partial charge in [0.15, 0.2) is 5.76 Å². The zero-order valence-corrected chi connectivity index (χ0v) is 11.5. The Kier molecular flexibility index (Phi) is 5.66. The van der Waals surface area contributed by atoms with E-state index in [9.17, 15) is 0 Å². The van der Waals surface area contributed by atoms with Crippen LogP contribution in [0.4, 0.5) is 0 Å². The first-order valence-electron chi connectivity index (χ1n) is 6.93. The molecular weight excluding hydrogens is 238 g/mol. The third-order valence-electron chi connectivity index (χ3n) is 2.97. The molecule has 0 aliphatic heterocycles. The lowest BCUT2D eigenvalue weighted by atomic mass is 10.2. The van der Waals surface area contributed by atoms with Crippen molar-refractivity contribution in [1.82, 2.24) is 0 Å². The Morgan fingerprint density at radius 1 is 1.11 bits per heavy atom. The smallest absolute Gasteiger partial charge is 0.158 e. The van der Waals surface area contributed by atoms with Gasteiger partial charge in [0.05, 0.1) is 13.2 Å². The SMILES string of the molecule is CCOCCC[NH2+]Cc1ccc(-c2ccccc2)o1. The van der Waals surface area contributed by atoms with Crippen molar-refractivity contribution in [1.29, 1.82) is 0 Å². The summed E-state index contributed by atoms with van der Waals surface area (Å²) >= 11 is 0. The van der Waals surface area contributed by atoms with Gasteiger partial charge in [-0.05, 0) is 19.1 Å². The monoisotopic (exact) mass is 260 g/mol. The number of rotatable bonds is 8. The van der Waals surface area contributed by atoms with Gasteiger partial charge in [0.1, 0.15) is 12.3 Å². The molecule has 0 unspecified atom stereocenters. The Hall–Kier alpha value is -1.58. The number of ether oxygens (including phenoxy) is 1. The highest BCUT2D eigenvalue weighted by molar-refractivity contribution is 5.57. The van der Waals surface area contributed by atoms with Crippen molar-refractivity contribution in [2.45, 2.75) is 19.9 Å². The molecule has 0 aliphatic rings. The quantitative estimate of drug-likeness (QED) is 0.740. The molecule has 3 heteroatoms. The molecule has 0 fully saturated rings. The Labute approximate surface area is 114 Å². The summed E-state index contributed by atoms with van der Waals surface area (Å²) < 4.78 is 11.1. The minimum absolute atomic E-state index is 0.804. The lowest BCUT2D eigenvalue weighted by Gasteiger charge is -2.00. The van der Waals surface area contributed by atoms with E-state index in [2.05, 4.69) is 23.5 Å². The van der Waals surface area contributed by atoms with Gasteiger partial charge in [-0.15, -0.1) is 0 Å². The van der Waals surface area contributed by atoms with Gasteiger partial charge in [-0.1, -0.05) is 30.3 Å². The van der Waals surface area contributed by atoms with E-state index in [1.54, 1.807) is 0 Å². The molecule has 0 saturated heterocycles. The van der Waals surface area contributed by atoms with Gasteiger partial charge in [0.25, 0.3) is 0 Å². The van der Waals surface area contributed by atoms with Crippen molar-refractivity contribution in [3.63, 3.8) is 0 Å². The molecule has 3 nitrogen and oxygen atoms in total. The zero-order chi connectivity index (χ0) is 13.3. The summed E-state index contributed by atoms with van der Waals surface area (Å²) in [6.45, 7) is 5.64. The number of furan rings is 1. The summed E-state index contributed by atoms with van der Waals surface area (Å²) in [6.07, 6.45) is 1.08. The van der Waals surface area contributed by atoms with E-state index in [0.29, 0.717) is 0 Å². The number of hydrogen-bond donors (Lipinski definition) is 1. The fourth-order valence-electron chi connectivity index (χ4n) is 1.96. The van der Waals surface area contributed by atoms with Gasteiger partial charge in [0.2, 0.25) is 0 Å². The van der Waals surface area contributed by atoms with Crippen LogP contribution in [0.25, 0.3) is 11.3 Å². The second-order valence-electron chi connectivity index (χ2n) is 4.46. The summed E-state index contributed by atoms with van der Waals surface area (Å²) in [5.74, 6) is 1.97. The molecule has 0 spiro atoms. The maximum absolute atomic E-state index is 5.83. The van der Waals surface area contributed by atoms with Crippen molar-refractivity contribution in [2.75, 3.05) is 19.8 Å². The molecule has 0 saturated carbocycles. The molecule has 2 N–H and O–H groups in total. The van der Waals surface area contributed by atoms with E-state index in [1.165, 1.54) is 0 Å². The number of quaternary nitrogens is 1. The van der Waals surface area contributed by atoms with E-state index in [0.717, 1.165) is 49.8 Å². The summed E-state index contributed by atoms with van der Waals surface area (Å²) in [7, 11) is 0. The van der Waals surface area contributed by atoms with E-state index in [1.807, 2.05) is 31.2 Å². The van der Waals surface area contributed by atoms with Gasteiger partial charge in [-0.2, -0.15) is 0 Å². The van der Waals surface area contributed by atoms with E-state index in [-0.39, 0.29) is 0 Å². The summed E-state index contributed by atoms with van der Waals surface area (Å²) in [5.41, 5.74) is 1.13. The van der Waals surface area contributed by atoms with Crippen molar-refractivity contribution >= 4 is 0 Å². The highest BCUT2D eigenvalue weighted by Gasteiger charge is 2.05. The predicted molar refractivity (Wildman–Crippen MR) is 75.8 cm³/mol. The van der Waals surface area contributed by atoms with Crippen molar-refractivity contribution in [2.24, 2.45) is 0 Å². The van der Waals surface area contributed by atoms with Gasteiger partial charge in [-0.25, -0.2) is 0 Å². The lowest BCUT2D eigenvalue weighted by Crippen LogP contribution is -2.82. The van der Waals surface area contributed by atoms with Crippen LogP contribution in [0, 0.1) is 0 Å². The molecule has 19 heavy (non-hydrogen) atoms. The Bertz CT molecular complexity index is 465. The van der Waals surface area contributed by atoms with Crippen LogP contribution in [-0.2, 0) is 11.3 Å². The zero-order valence-electron chi connectivity index (χ0n) is 11.5. The molecule has 0 amide bonds. The van der Waals surface area contributed by atoms with Gasteiger partial charge in [0, 0.05) is 18.6 Å². The molecular formula is C16H22NO2+. The largest absolute Gasteiger partial charge is 0.455 e. The Balaban J connectivity index is 1.75. The fourth-order valence-corrected chi connectivity index (χ4v) is 1.96. The van der Waals surface area contributed by atoms with Crippen LogP contribution in [0.2, 0.25) is 0 Å². The Morgan fingerprint density at radius 2 is 1.95 bits per heavy atom. The molecule has 2 aromatic rings. The number of benzene rings is 1. The number of nitrogens with two attached hydrogens (primary N) is 1. The molecule has 1 heterocycles. The first-order valence-corrected chi connectivity index (χ1v) is 6.93. The molecule has 2 rings (SSSR count). The molecule has 0 atom stereocenters. The summed E-state index contributed by atoms with van der Waals surface area (Å²) in [5, 5.41) is 2.26. The van der Waals surface area contributed by atoms with Crippen LogP contribution >= 0.6 is 0 Å². The molecule has 0 radical (unpaired) electrons. The van der Waals surface area contributed by atoms with E-state index >= 15 is 0 Å². The molecule has 1 aromatic carbocycles. The van der Waals surface area contributed by atoms with Crippen LogP contribution in [-0.4, -0.2) is 19.8 Å². The highest BCUT2D eigenvalue weighted by Crippen LogP contribution is 2.21. The first-order chi connectivity index (χ1) is 9.40. The molecule has 1 aromatic heterocycles. The van der Waals surface area contributed by atoms with Crippen LogP contribution in [0.5, 0.6) is 0 Å². The maximum atomic E-state index is 5.83. The van der Waals surface area contributed by atoms with E-state index in [4.69, 9.17) is 9.15 Å². The van der Waals surface area contributed by atoms with E-state index < -0.39 is 0 Å². The predicted octanol–water partition coefficient (Wildman–Crippen LogP) is 2.44. The minimum Gasteiger partial charge on any atom is -0.455 e. The van der Waals surface area contributed by atoms with Gasteiger partial charge >= 0.3 is 0 Å². The second-order valence-corrected chi connectivity index (χ2v) is 4.46. The van der Waals surface area contributed by atoms with Crippen molar-refractivity contribution in [3.05, 3.63) is 48.2 Å². The Morgan fingerprint density at radius 3 is 2.74 bits per heavy atom. The third-order valence-corrected chi connectivity index (χ3v) is 2.97. The third kappa shape index (κ3) is 4.54. The van der Waals surface area contributed by atoms with Gasteiger partial charge in [-0.3, -0.25) is 0 Å². The first kappa shape index (κ1) is 13.8. The highest BCUT2D eigenvalue weighted by atomic mass is 16.5. The molecule has 0 aliphatic carbocycles. The maximum Gasteiger partial charge on any atom is 0.158 e. The second kappa shape index (κ2) is 7.77. The van der Waals surface area contributed by atoms with Crippen LogP contribution in [0.3, 0.4) is 0 Å². The molecule has 102 valence electrons. The average Bonchev–Trinajstić information content (AvgIpc) is 2.92. The van der Waals surface area contributed by atoms with Crippen molar-refractivity contribution < 1.29 is 14.5 Å². The summed E-state index contributed by atoms with van der Waals surface area (Å²) in [6, 6.07) is 14.3. The average molecular weight is 260 g/mol. The van der Waals surface area contributed by atoms with Crippen LogP contribution in [0.15, 0.2) is 46.9 Å². The normalized spacial score (nSPS) is 10.8. The standard InChI is InChI=1S/C16H21NO2/c1-2-18-12-6-11-17-13-15-9-10-16(19-15)14-7-4-3-5-8-14/h3-5,7-10,17H,2,6,11-13H2,1H3/p+1. The lowest BCUT2D eigenvalue weighted by molar-refractivity contribution is -0.672. The van der Waals surface area contributed by atoms with Crippen molar-refractivity contribution in [3.8, 4) is 11.3 Å². The van der Waals surface area contributed by atoms with Crippen LogP contribution < -0.4 is 5.32 Å². The molecule has 0 bridgehead atoms. The minimum atomic E-state index is 0.804. The topological polar surface area (TPSA) is 39.0 Å². The number of hydrogen-bond acceptors (Lipinski definition) is 2.